The fraction of sp³-hybridized carbons (Fsp3) is 0.478. The van der Waals surface area contributed by atoms with Gasteiger partial charge in [0.1, 0.15) is 5.75 Å². The van der Waals surface area contributed by atoms with Crippen LogP contribution < -0.4 is 4.74 Å². The van der Waals surface area contributed by atoms with Crippen LogP contribution in [0.2, 0.25) is 0 Å². The standard InChI is InChI=1S/C23H29NO3/c25-17-23-16-24(15-21(23)11-12-26-18-23)14-20-6-8-22(9-7-20)27-13-10-19-4-2-1-3-5-19/h1-9,21,25H,10-18H2/t21-,23+/m0/s1. The first kappa shape index (κ1) is 18.5. The maximum atomic E-state index is 9.91. The van der Waals surface area contributed by atoms with Crippen LogP contribution in [0.4, 0.5) is 0 Å². The number of aliphatic hydroxyl groups excluding tert-OH is 1. The van der Waals surface area contributed by atoms with E-state index in [1.54, 1.807) is 0 Å². The summed E-state index contributed by atoms with van der Waals surface area (Å²) in [7, 11) is 0. The molecule has 2 atom stereocenters. The van der Waals surface area contributed by atoms with Crippen molar-refractivity contribution in [1.29, 1.82) is 0 Å². The van der Waals surface area contributed by atoms with Crippen LogP contribution in [-0.4, -0.2) is 49.5 Å². The highest BCUT2D eigenvalue weighted by molar-refractivity contribution is 5.27. The van der Waals surface area contributed by atoms with Gasteiger partial charge in [0.05, 0.1) is 19.8 Å². The van der Waals surface area contributed by atoms with Gasteiger partial charge in [0.15, 0.2) is 0 Å². The van der Waals surface area contributed by atoms with Crippen molar-refractivity contribution < 1.29 is 14.6 Å². The van der Waals surface area contributed by atoms with Crippen LogP contribution in [-0.2, 0) is 17.7 Å². The molecule has 2 heterocycles. The van der Waals surface area contributed by atoms with E-state index in [1.807, 2.05) is 6.07 Å². The lowest BCUT2D eigenvalue weighted by atomic mass is 9.76. The van der Waals surface area contributed by atoms with E-state index in [-0.39, 0.29) is 12.0 Å². The zero-order valence-electron chi connectivity index (χ0n) is 15.8. The molecule has 2 aromatic carbocycles. The molecule has 0 amide bonds. The lowest BCUT2D eigenvalue weighted by molar-refractivity contribution is -0.0561. The van der Waals surface area contributed by atoms with Gasteiger partial charge in [-0.2, -0.15) is 0 Å². The second-order valence-corrected chi connectivity index (χ2v) is 7.96. The molecule has 2 saturated heterocycles. The van der Waals surface area contributed by atoms with E-state index in [0.717, 1.165) is 44.8 Å². The third kappa shape index (κ3) is 4.34. The summed E-state index contributed by atoms with van der Waals surface area (Å²) in [5.41, 5.74) is 2.53. The molecule has 4 heteroatoms. The number of rotatable bonds is 7. The Morgan fingerprint density at radius 3 is 2.63 bits per heavy atom. The number of aliphatic hydroxyl groups is 1. The maximum absolute atomic E-state index is 9.91. The van der Waals surface area contributed by atoms with E-state index in [4.69, 9.17) is 9.47 Å². The zero-order chi connectivity index (χ0) is 18.5. The molecule has 0 radical (unpaired) electrons. The average molecular weight is 367 g/mol. The summed E-state index contributed by atoms with van der Waals surface area (Å²) in [4.78, 5) is 2.46. The highest BCUT2D eigenvalue weighted by Crippen LogP contribution is 2.41. The van der Waals surface area contributed by atoms with E-state index >= 15 is 0 Å². The molecule has 4 nitrogen and oxygen atoms in total. The largest absolute Gasteiger partial charge is 0.493 e. The number of fused-ring (bicyclic) bond motifs is 1. The topological polar surface area (TPSA) is 41.9 Å². The second-order valence-electron chi connectivity index (χ2n) is 7.96. The predicted molar refractivity (Wildman–Crippen MR) is 106 cm³/mol. The first-order valence-corrected chi connectivity index (χ1v) is 9.94. The van der Waals surface area contributed by atoms with Gasteiger partial charge in [-0.1, -0.05) is 42.5 Å². The molecule has 27 heavy (non-hydrogen) atoms. The second kappa shape index (κ2) is 8.42. The number of hydrogen-bond donors (Lipinski definition) is 1. The minimum Gasteiger partial charge on any atom is -0.493 e. The molecule has 4 rings (SSSR count). The molecule has 144 valence electrons. The first-order chi connectivity index (χ1) is 13.3. The van der Waals surface area contributed by atoms with E-state index in [1.165, 1.54) is 11.1 Å². The summed E-state index contributed by atoms with van der Waals surface area (Å²) < 4.78 is 11.5. The molecular formula is C23H29NO3. The Labute approximate surface area is 161 Å². The molecule has 2 aliphatic heterocycles. The van der Waals surface area contributed by atoms with Crippen LogP contribution in [0.1, 0.15) is 17.5 Å². The van der Waals surface area contributed by atoms with Crippen LogP contribution in [0.3, 0.4) is 0 Å². The van der Waals surface area contributed by atoms with Gasteiger partial charge in [-0.25, -0.2) is 0 Å². The number of nitrogens with zero attached hydrogens (tertiary/aromatic N) is 1. The fourth-order valence-corrected chi connectivity index (χ4v) is 4.43. The van der Waals surface area contributed by atoms with Crippen molar-refractivity contribution in [3.63, 3.8) is 0 Å². The van der Waals surface area contributed by atoms with Gasteiger partial charge in [0.25, 0.3) is 0 Å². The van der Waals surface area contributed by atoms with Gasteiger partial charge >= 0.3 is 0 Å². The molecule has 0 aliphatic carbocycles. The summed E-state index contributed by atoms with van der Waals surface area (Å²) in [6, 6.07) is 18.9. The molecular weight excluding hydrogens is 338 g/mol. The molecule has 0 bridgehead atoms. The molecule has 0 aromatic heterocycles. The normalized spacial score (nSPS) is 25.3. The van der Waals surface area contributed by atoms with Crippen LogP contribution in [0.15, 0.2) is 54.6 Å². The Hall–Kier alpha value is -1.88. The average Bonchev–Trinajstić information content (AvgIpc) is 3.08. The van der Waals surface area contributed by atoms with E-state index in [2.05, 4.69) is 53.4 Å². The molecule has 2 aromatic rings. The minimum atomic E-state index is -0.0568. The van der Waals surface area contributed by atoms with Crippen molar-refractivity contribution in [2.75, 3.05) is 39.5 Å². The number of benzene rings is 2. The van der Waals surface area contributed by atoms with Crippen molar-refractivity contribution in [3.05, 3.63) is 65.7 Å². The Kier molecular flexibility index (Phi) is 5.77. The van der Waals surface area contributed by atoms with E-state index in [9.17, 15) is 5.11 Å². The van der Waals surface area contributed by atoms with Crippen molar-refractivity contribution >= 4 is 0 Å². The summed E-state index contributed by atoms with van der Waals surface area (Å²) in [6.07, 6.45) is 1.98. The van der Waals surface area contributed by atoms with Crippen LogP contribution in [0.25, 0.3) is 0 Å². The lowest BCUT2D eigenvalue weighted by Crippen LogP contribution is -2.42. The molecule has 1 N–H and O–H groups in total. The van der Waals surface area contributed by atoms with Gasteiger partial charge in [0.2, 0.25) is 0 Å². The number of likely N-dealkylation sites (tertiary alicyclic amines) is 1. The van der Waals surface area contributed by atoms with Crippen LogP contribution >= 0.6 is 0 Å². The Bertz CT molecular complexity index is 718. The van der Waals surface area contributed by atoms with Gasteiger partial charge in [-0.3, -0.25) is 4.90 Å². The smallest absolute Gasteiger partial charge is 0.119 e. The van der Waals surface area contributed by atoms with Crippen molar-refractivity contribution in [2.24, 2.45) is 11.3 Å². The van der Waals surface area contributed by atoms with Crippen LogP contribution in [0, 0.1) is 11.3 Å². The highest BCUT2D eigenvalue weighted by atomic mass is 16.5. The predicted octanol–water partition coefficient (Wildman–Crippen LogP) is 3.14. The molecule has 0 unspecified atom stereocenters. The Morgan fingerprint density at radius 1 is 1.07 bits per heavy atom. The highest BCUT2D eigenvalue weighted by Gasteiger charge is 2.47. The molecule has 0 saturated carbocycles. The number of hydrogen-bond acceptors (Lipinski definition) is 4. The summed E-state index contributed by atoms with van der Waals surface area (Å²) >= 11 is 0. The van der Waals surface area contributed by atoms with Gasteiger partial charge in [0, 0.05) is 38.1 Å². The fourth-order valence-electron chi connectivity index (χ4n) is 4.43. The van der Waals surface area contributed by atoms with Gasteiger partial charge in [-0.15, -0.1) is 0 Å². The SMILES string of the molecule is OC[C@]12COCC[C@H]1CN(Cc1ccc(OCCc3ccccc3)cc1)C2. The summed E-state index contributed by atoms with van der Waals surface area (Å²) in [5.74, 6) is 1.47. The first-order valence-electron chi connectivity index (χ1n) is 9.94. The van der Waals surface area contributed by atoms with E-state index < -0.39 is 0 Å². The van der Waals surface area contributed by atoms with Crippen molar-refractivity contribution in [1.82, 2.24) is 4.90 Å². The summed E-state index contributed by atoms with van der Waals surface area (Å²) in [5, 5.41) is 9.91. The van der Waals surface area contributed by atoms with Crippen molar-refractivity contribution in [3.8, 4) is 5.75 Å². The minimum absolute atomic E-state index is 0.0568. The molecule has 0 spiro atoms. The zero-order valence-corrected chi connectivity index (χ0v) is 15.8. The third-order valence-electron chi connectivity index (χ3n) is 6.03. The van der Waals surface area contributed by atoms with E-state index in [0.29, 0.717) is 19.1 Å². The van der Waals surface area contributed by atoms with Crippen LogP contribution in [0.5, 0.6) is 5.75 Å². The Balaban J connectivity index is 1.28. The van der Waals surface area contributed by atoms with Crippen molar-refractivity contribution in [2.45, 2.75) is 19.4 Å². The quantitative estimate of drug-likeness (QED) is 0.816. The molecule has 2 aliphatic rings. The maximum Gasteiger partial charge on any atom is 0.119 e. The Morgan fingerprint density at radius 2 is 1.89 bits per heavy atom. The third-order valence-corrected chi connectivity index (χ3v) is 6.03. The van der Waals surface area contributed by atoms with Gasteiger partial charge < -0.3 is 14.6 Å². The van der Waals surface area contributed by atoms with Gasteiger partial charge in [-0.05, 0) is 35.6 Å². The number of ether oxygens (including phenoxy) is 2. The lowest BCUT2D eigenvalue weighted by Gasteiger charge is -2.36. The summed E-state index contributed by atoms with van der Waals surface area (Å²) in [6.45, 7) is 5.33. The molecule has 2 fully saturated rings. The monoisotopic (exact) mass is 367 g/mol.